The van der Waals surface area contributed by atoms with Crippen molar-refractivity contribution in [3.8, 4) is 17.2 Å². The van der Waals surface area contributed by atoms with Crippen molar-refractivity contribution in [3.63, 3.8) is 0 Å². The van der Waals surface area contributed by atoms with Gasteiger partial charge in [-0.25, -0.2) is 0 Å². The molecule has 2 N–H and O–H groups in total. The summed E-state index contributed by atoms with van der Waals surface area (Å²) in [5, 5.41) is 20.8. The van der Waals surface area contributed by atoms with Crippen LogP contribution in [-0.2, 0) is 18.3 Å². The van der Waals surface area contributed by atoms with E-state index in [4.69, 9.17) is 9.72 Å². The number of benzene rings is 2. The van der Waals surface area contributed by atoms with Gasteiger partial charge in [0.15, 0.2) is 23.4 Å². The van der Waals surface area contributed by atoms with Gasteiger partial charge in [0, 0.05) is 28.8 Å². The molecule has 2 bridgehead atoms. The number of aromatic hydroxyl groups is 2. The van der Waals surface area contributed by atoms with E-state index in [1.807, 2.05) is 6.07 Å². The van der Waals surface area contributed by atoms with Gasteiger partial charge >= 0.3 is 0 Å². The summed E-state index contributed by atoms with van der Waals surface area (Å²) < 4.78 is 6.52. The number of phenolic OH excluding ortho intramolecular Hbond substituents is 2. The Morgan fingerprint density at radius 1 is 1.12 bits per heavy atom. The van der Waals surface area contributed by atoms with Crippen LogP contribution in [0.25, 0.3) is 0 Å². The average Bonchev–Trinajstić information content (AvgIpc) is 3.17. The number of ether oxygens (including phenoxy) is 1. The summed E-state index contributed by atoms with van der Waals surface area (Å²) in [6.07, 6.45) is 4.04. The second kappa shape index (κ2) is 6.35. The van der Waals surface area contributed by atoms with Crippen LogP contribution in [0.1, 0.15) is 50.8 Å². The third-order valence-corrected chi connectivity index (χ3v) is 8.49. The zero-order valence-corrected chi connectivity index (χ0v) is 18.3. The van der Waals surface area contributed by atoms with Crippen molar-refractivity contribution in [2.75, 3.05) is 13.6 Å². The lowest BCUT2D eigenvalue weighted by Crippen LogP contribution is -2.62. The maximum Gasteiger partial charge on any atom is 0.198 e. The molecule has 7 rings (SSSR count). The van der Waals surface area contributed by atoms with Crippen LogP contribution in [-0.4, -0.2) is 45.5 Å². The molecule has 2 aromatic carbocycles. The number of piperidine rings is 1. The first-order chi connectivity index (χ1) is 16.0. The van der Waals surface area contributed by atoms with Gasteiger partial charge in [0.1, 0.15) is 5.75 Å². The Labute approximate surface area is 191 Å². The number of carbonyl (C=O) groups is 1. The summed E-state index contributed by atoms with van der Waals surface area (Å²) in [4.78, 5) is 20.4. The number of phenols is 2. The number of ketones is 1. The van der Waals surface area contributed by atoms with Gasteiger partial charge in [0.25, 0.3) is 0 Å². The predicted molar refractivity (Wildman–Crippen MR) is 121 cm³/mol. The van der Waals surface area contributed by atoms with Crippen LogP contribution in [0.4, 0.5) is 0 Å². The van der Waals surface area contributed by atoms with E-state index in [0.29, 0.717) is 23.3 Å². The van der Waals surface area contributed by atoms with E-state index >= 15 is 0 Å². The van der Waals surface area contributed by atoms with Crippen LogP contribution < -0.4 is 4.74 Å². The van der Waals surface area contributed by atoms with Gasteiger partial charge in [0.2, 0.25) is 0 Å². The lowest BCUT2D eigenvalue weighted by atomic mass is 9.51. The highest BCUT2D eigenvalue weighted by Crippen LogP contribution is 2.66. The summed E-state index contributed by atoms with van der Waals surface area (Å²) in [6, 6.07) is 12.7. The van der Waals surface area contributed by atoms with Gasteiger partial charge < -0.3 is 19.8 Å². The molecule has 3 heterocycles. The number of rotatable bonds is 2. The van der Waals surface area contributed by atoms with Gasteiger partial charge in [-0.1, -0.05) is 18.2 Å². The standard InChI is InChI=1S/C27H24N2O4/c1-29-9-8-27-18-11-15-10-16(24(32)17-4-2-3-5-20(17)30)13-28-23(15)26(27)33-25-21(31)7-6-14(22(25)27)12-19(18)29/h2-7,10,13,18-19,26,30-31H,8-9,11-12H2,1H3/t18-,19+,26-,27-/m0/s1. The van der Waals surface area contributed by atoms with E-state index in [0.717, 1.165) is 37.1 Å². The Morgan fingerprint density at radius 3 is 2.82 bits per heavy atom. The van der Waals surface area contributed by atoms with Gasteiger partial charge in [-0.05, 0) is 74.2 Å². The van der Waals surface area contributed by atoms with E-state index in [9.17, 15) is 15.0 Å². The molecule has 1 spiro atoms. The van der Waals surface area contributed by atoms with Crippen LogP contribution in [0, 0.1) is 5.92 Å². The van der Waals surface area contributed by atoms with Crippen molar-refractivity contribution in [2.24, 2.45) is 5.92 Å². The highest BCUT2D eigenvalue weighted by Gasteiger charge is 2.65. The minimum absolute atomic E-state index is 0.0276. The Morgan fingerprint density at radius 2 is 1.97 bits per heavy atom. The minimum atomic E-state index is -0.265. The van der Waals surface area contributed by atoms with Crippen LogP contribution in [0.2, 0.25) is 0 Å². The molecule has 0 radical (unpaired) electrons. The van der Waals surface area contributed by atoms with Crippen LogP contribution in [0.3, 0.4) is 0 Å². The quantitative estimate of drug-likeness (QED) is 0.594. The molecule has 1 aromatic heterocycles. The van der Waals surface area contributed by atoms with E-state index in [1.165, 1.54) is 17.2 Å². The van der Waals surface area contributed by atoms with Crippen molar-refractivity contribution in [1.29, 1.82) is 0 Å². The third-order valence-electron chi connectivity index (χ3n) is 8.49. The first-order valence-corrected chi connectivity index (χ1v) is 11.5. The minimum Gasteiger partial charge on any atom is -0.507 e. The second-order valence-corrected chi connectivity index (χ2v) is 9.91. The third kappa shape index (κ3) is 2.31. The van der Waals surface area contributed by atoms with Crippen LogP contribution in [0.5, 0.6) is 17.2 Å². The highest BCUT2D eigenvalue weighted by atomic mass is 16.5. The van der Waals surface area contributed by atoms with Gasteiger partial charge in [-0.2, -0.15) is 0 Å². The smallest absolute Gasteiger partial charge is 0.198 e. The van der Waals surface area contributed by atoms with E-state index in [2.05, 4.69) is 18.0 Å². The number of nitrogens with zero attached hydrogens (tertiary/aromatic N) is 2. The van der Waals surface area contributed by atoms with Gasteiger partial charge in [-0.15, -0.1) is 0 Å². The molecule has 33 heavy (non-hydrogen) atoms. The SMILES string of the molecule is CN1CC[C@]23c4c5ccc(O)c4O[C@H]2c2ncc(C(=O)c4ccccc4O)cc2C[C@H]3[C@H]1C5. The molecule has 4 aliphatic rings. The molecule has 6 nitrogen and oxygen atoms in total. The van der Waals surface area contributed by atoms with Crippen molar-refractivity contribution in [1.82, 2.24) is 9.88 Å². The fourth-order valence-corrected chi connectivity index (χ4v) is 7.01. The molecule has 2 aliphatic heterocycles. The van der Waals surface area contributed by atoms with Crippen LogP contribution >= 0.6 is 0 Å². The number of carbonyl (C=O) groups excluding carboxylic acids is 1. The first-order valence-electron chi connectivity index (χ1n) is 11.5. The molecular weight excluding hydrogens is 416 g/mol. The zero-order valence-electron chi connectivity index (χ0n) is 18.3. The Balaban J connectivity index is 1.39. The lowest BCUT2D eigenvalue weighted by Gasteiger charge is -2.57. The maximum absolute atomic E-state index is 13.1. The number of pyridine rings is 1. The molecule has 1 fully saturated rings. The lowest BCUT2D eigenvalue weighted by molar-refractivity contribution is -0.0261. The van der Waals surface area contributed by atoms with Crippen molar-refractivity contribution in [2.45, 2.75) is 36.8 Å². The second-order valence-electron chi connectivity index (χ2n) is 9.91. The van der Waals surface area contributed by atoms with Crippen molar-refractivity contribution in [3.05, 3.63) is 82.2 Å². The van der Waals surface area contributed by atoms with E-state index < -0.39 is 0 Å². The summed E-state index contributed by atoms with van der Waals surface area (Å²) in [5.41, 5.74) is 4.91. The summed E-state index contributed by atoms with van der Waals surface area (Å²) in [5.74, 6) is 0.873. The predicted octanol–water partition coefficient (Wildman–Crippen LogP) is 3.53. The van der Waals surface area contributed by atoms with Gasteiger partial charge in [0.05, 0.1) is 11.3 Å². The number of likely N-dealkylation sites (tertiary alicyclic amines) is 1. The summed E-state index contributed by atoms with van der Waals surface area (Å²) in [6.45, 7) is 0.981. The number of para-hydroxylation sites is 1. The molecule has 166 valence electrons. The van der Waals surface area contributed by atoms with E-state index in [-0.39, 0.29) is 34.4 Å². The maximum atomic E-state index is 13.1. The topological polar surface area (TPSA) is 82.9 Å². The van der Waals surface area contributed by atoms with E-state index in [1.54, 1.807) is 30.5 Å². The van der Waals surface area contributed by atoms with Crippen molar-refractivity contribution >= 4 is 5.78 Å². The zero-order chi connectivity index (χ0) is 22.5. The van der Waals surface area contributed by atoms with Gasteiger partial charge in [-0.3, -0.25) is 9.78 Å². The summed E-state index contributed by atoms with van der Waals surface area (Å²) in [7, 11) is 2.19. The Kier molecular flexibility index (Phi) is 3.68. The molecule has 1 saturated heterocycles. The Bertz CT molecular complexity index is 1350. The number of hydrogen-bond donors (Lipinski definition) is 2. The fraction of sp³-hybridized carbons (Fsp3) is 0.333. The van der Waals surface area contributed by atoms with Crippen LogP contribution in [0.15, 0.2) is 48.7 Å². The molecule has 3 aromatic rings. The molecule has 4 atom stereocenters. The molecule has 6 heteroatoms. The largest absolute Gasteiger partial charge is 0.507 e. The number of likely N-dealkylation sites (N-methyl/N-ethyl adjacent to an activating group) is 1. The average molecular weight is 440 g/mol. The first kappa shape index (κ1) is 19.1. The fourth-order valence-electron chi connectivity index (χ4n) is 7.01. The highest BCUT2D eigenvalue weighted by molar-refractivity contribution is 6.10. The summed E-state index contributed by atoms with van der Waals surface area (Å²) >= 11 is 0. The molecule has 2 aliphatic carbocycles. The molecule has 0 amide bonds. The number of aromatic nitrogens is 1. The Hall–Kier alpha value is -3.38. The normalized spacial score (nSPS) is 28.6. The monoisotopic (exact) mass is 440 g/mol. The van der Waals surface area contributed by atoms with Crippen molar-refractivity contribution < 1.29 is 19.7 Å². The molecule has 0 saturated carbocycles. The molecular formula is C27H24N2O4. The molecule has 0 unspecified atom stereocenters. The number of hydrogen-bond acceptors (Lipinski definition) is 6. The number of fused-ring (bicyclic) bond motifs is 2.